The van der Waals surface area contributed by atoms with Crippen molar-refractivity contribution in [2.24, 2.45) is 5.92 Å². The molecule has 1 aliphatic heterocycles. The highest BCUT2D eigenvalue weighted by Gasteiger charge is 2.13. The SMILES string of the molecule is Cc1ccc(S(=O)(=O)O)cc1.OCC1CNC1. The Labute approximate surface area is 101 Å². The van der Waals surface area contributed by atoms with Crippen LogP contribution in [0.25, 0.3) is 0 Å². The standard InChI is InChI=1S/C7H8O3S.C4H9NO/c1-6-2-4-7(5-3-6)11(8,9)10;6-3-4-1-5-2-4/h2-5H,1H3,(H,8,9,10);4-6H,1-3H2. The topological polar surface area (TPSA) is 86.6 Å². The highest BCUT2D eigenvalue weighted by Crippen LogP contribution is 2.08. The molecular weight excluding hydrogens is 242 g/mol. The van der Waals surface area contributed by atoms with Crippen molar-refractivity contribution in [2.45, 2.75) is 11.8 Å². The zero-order chi connectivity index (χ0) is 12.9. The molecule has 1 heterocycles. The molecule has 1 aromatic carbocycles. The van der Waals surface area contributed by atoms with Crippen molar-refractivity contribution in [3.05, 3.63) is 29.8 Å². The first kappa shape index (κ1) is 14.1. The molecule has 1 aliphatic rings. The fraction of sp³-hybridized carbons (Fsp3) is 0.455. The summed E-state index contributed by atoms with van der Waals surface area (Å²) in [5.41, 5.74) is 0.956. The van der Waals surface area contributed by atoms with Crippen molar-refractivity contribution in [1.29, 1.82) is 0 Å². The molecule has 0 unspecified atom stereocenters. The molecule has 2 rings (SSSR count). The Morgan fingerprint density at radius 1 is 1.29 bits per heavy atom. The Bertz CT molecular complexity index is 434. The number of rotatable bonds is 2. The molecule has 0 aromatic heterocycles. The summed E-state index contributed by atoms with van der Waals surface area (Å²) < 4.78 is 29.6. The fourth-order valence-corrected chi connectivity index (χ4v) is 1.67. The molecule has 1 fully saturated rings. The van der Waals surface area contributed by atoms with Crippen molar-refractivity contribution in [2.75, 3.05) is 19.7 Å². The Morgan fingerprint density at radius 2 is 1.82 bits per heavy atom. The summed E-state index contributed by atoms with van der Waals surface area (Å²) in [5, 5.41) is 11.4. The second-order valence-electron chi connectivity index (χ2n) is 3.99. The lowest BCUT2D eigenvalue weighted by atomic mass is 10.1. The molecule has 0 spiro atoms. The first-order chi connectivity index (χ1) is 7.93. The Kier molecular flexibility index (Phi) is 5.07. The minimum absolute atomic E-state index is 0.0666. The van der Waals surface area contributed by atoms with Crippen molar-refractivity contribution in [1.82, 2.24) is 5.32 Å². The first-order valence-corrected chi connectivity index (χ1v) is 6.73. The van der Waals surface area contributed by atoms with E-state index in [4.69, 9.17) is 9.66 Å². The lowest BCUT2D eigenvalue weighted by molar-refractivity contribution is 0.180. The van der Waals surface area contributed by atoms with Gasteiger partial charge in [-0.25, -0.2) is 0 Å². The Hall–Kier alpha value is -0.950. The molecule has 0 radical (unpaired) electrons. The van der Waals surface area contributed by atoms with Crippen LogP contribution < -0.4 is 5.32 Å². The van der Waals surface area contributed by atoms with Crippen LogP contribution >= 0.6 is 0 Å². The molecular formula is C11H17NO4S. The van der Waals surface area contributed by atoms with Crippen molar-refractivity contribution in [3.63, 3.8) is 0 Å². The maximum Gasteiger partial charge on any atom is 0.294 e. The molecule has 0 saturated carbocycles. The van der Waals surface area contributed by atoms with E-state index in [9.17, 15) is 8.42 Å². The van der Waals surface area contributed by atoms with Crippen LogP contribution in [0.15, 0.2) is 29.2 Å². The van der Waals surface area contributed by atoms with Gasteiger partial charge in [0.2, 0.25) is 0 Å². The summed E-state index contributed by atoms with van der Waals surface area (Å²) >= 11 is 0. The van der Waals surface area contributed by atoms with Gasteiger partial charge in [0.25, 0.3) is 10.1 Å². The second-order valence-corrected chi connectivity index (χ2v) is 5.42. The first-order valence-electron chi connectivity index (χ1n) is 5.29. The summed E-state index contributed by atoms with van der Waals surface area (Å²) in [7, 11) is -4.02. The van der Waals surface area contributed by atoms with Crippen LogP contribution in [0.4, 0.5) is 0 Å². The molecule has 1 aromatic rings. The molecule has 3 N–H and O–H groups in total. The largest absolute Gasteiger partial charge is 0.396 e. The van der Waals surface area contributed by atoms with E-state index in [2.05, 4.69) is 5.32 Å². The van der Waals surface area contributed by atoms with Crippen LogP contribution in [0.5, 0.6) is 0 Å². The number of hydrogen-bond donors (Lipinski definition) is 3. The molecule has 96 valence electrons. The fourth-order valence-electron chi connectivity index (χ4n) is 1.19. The van der Waals surface area contributed by atoms with Crippen LogP contribution in [0, 0.1) is 12.8 Å². The summed E-state index contributed by atoms with van der Waals surface area (Å²) in [4.78, 5) is -0.0666. The van der Waals surface area contributed by atoms with Gasteiger partial charge in [-0.1, -0.05) is 17.7 Å². The number of aliphatic hydroxyl groups is 1. The zero-order valence-corrected chi connectivity index (χ0v) is 10.4. The van der Waals surface area contributed by atoms with E-state index in [1.807, 2.05) is 6.92 Å². The van der Waals surface area contributed by atoms with Gasteiger partial charge in [0.1, 0.15) is 0 Å². The van der Waals surface area contributed by atoms with E-state index in [1.54, 1.807) is 12.1 Å². The zero-order valence-electron chi connectivity index (χ0n) is 9.63. The second kappa shape index (κ2) is 6.11. The average molecular weight is 259 g/mol. The lowest BCUT2D eigenvalue weighted by Gasteiger charge is -2.24. The van der Waals surface area contributed by atoms with Crippen LogP contribution in [0.3, 0.4) is 0 Å². The van der Waals surface area contributed by atoms with Gasteiger partial charge < -0.3 is 10.4 Å². The lowest BCUT2D eigenvalue weighted by Crippen LogP contribution is -2.43. The van der Waals surface area contributed by atoms with Crippen LogP contribution in [-0.2, 0) is 10.1 Å². The van der Waals surface area contributed by atoms with E-state index in [0.29, 0.717) is 12.5 Å². The van der Waals surface area contributed by atoms with Gasteiger partial charge in [0.15, 0.2) is 0 Å². The number of hydrogen-bond acceptors (Lipinski definition) is 4. The van der Waals surface area contributed by atoms with Crippen LogP contribution in [-0.4, -0.2) is 37.8 Å². The quantitative estimate of drug-likeness (QED) is 0.671. The van der Waals surface area contributed by atoms with E-state index in [1.165, 1.54) is 12.1 Å². The number of aryl methyl sites for hydroxylation is 1. The predicted molar refractivity (Wildman–Crippen MR) is 64.4 cm³/mol. The Balaban J connectivity index is 0.000000202. The van der Waals surface area contributed by atoms with Gasteiger partial charge in [0, 0.05) is 25.6 Å². The molecule has 0 amide bonds. The van der Waals surface area contributed by atoms with Crippen molar-refractivity contribution >= 4 is 10.1 Å². The van der Waals surface area contributed by atoms with Crippen LogP contribution in [0.1, 0.15) is 5.56 Å². The number of benzene rings is 1. The average Bonchev–Trinajstić information content (AvgIpc) is 2.16. The molecule has 1 saturated heterocycles. The van der Waals surface area contributed by atoms with Crippen molar-refractivity contribution in [3.8, 4) is 0 Å². The maximum atomic E-state index is 10.5. The highest BCUT2D eigenvalue weighted by molar-refractivity contribution is 7.85. The normalized spacial score (nSPS) is 15.7. The van der Waals surface area contributed by atoms with E-state index in [0.717, 1.165) is 18.7 Å². The summed E-state index contributed by atoms with van der Waals surface area (Å²) in [6, 6.07) is 5.99. The van der Waals surface area contributed by atoms with Gasteiger partial charge in [-0.3, -0.25) is 4.55 Å². The van der Waals surface area contributed by atoms with E-state index in [-0.39, 0.29) is 4.90 Å². The van der Waals surface area contributed by atoms with Gasteiger partial charge in [0.05, 0.1) is 4.90 Å². The smallest absolute Gasteiger partial charge is 0.294 e. The Morgan fingerprint density at radius 3 is 2.06 bits per heavy atom. The number of aliphatic hydroxyl groups excluding tert-OH is 1. The summed E-state index contributed by atoms with van der Waals surface area (Å²) in [6.45, 7) is 4.22. The van der Waals surface area contributed by atoms with Crippen molar-refractivity contribution < 1.29 is 18.1 Å². The van der Waals surface area contributed by atoms with Crippen LogP contribution in [0.2, 0.25) is 0 Å². The van der Waals surface area contributed by atoms with Gasteiger partial charge in [-0.05, 0) is 19.1 Å². The molecule has 5 nitrogen and oxygen atoms in total. The van der Waals surface area contributed by atoms with Gasteiger partial charge in [-0.15, -0.1) is 0 Å². The minimum Gasteiger partial charge on any atom is -0.396 e. The van der Waals surface area contributed by atoms with E-state index < -0.39 is 10.1 Å². The molecule has 6 heteroatoms. The third-order valence-corrected chi connectivity index (χ3v) is 3.31. The van der Waals surface area contributed by atoms with Gasteiger partial charge in [-0.2, -0.15) is 8.42 Å². The van der Waals surface area contributed by atoms with E-state index >= 15 is 0 Å². The minimum atomic E-state index is -4.02. The third-order valence-electron chi connectivity index (χ3n) is 2.44. The summed E-state index contributed by atoms with van der Waals surface area (Å²) in [6.07, 6.45) is 0. The summed E-state index contributed by atoms with van der Waals surface area (Å²) in [5.74, 6) is 0.560. The maximum absolute atomic E-state index is 10.5. The molecule has 0 bridgehead atoms. The van der Waals surface area contributed by atoms with Gasteiger partial charge >= 0.3 is 0 Å². The molecule has 17 heavy (non-hydrogen) atoms. The molecule has 0 atom stereocenters. The highest BCUT2D eigenvalue weighted by atomic mass is 32.2. The monoisotopic (exact) mass is 259 g/mol. The third kappa shape index (κ3) is 4.82. The molecule has 0 aliphatic carbocycles. The predicted octanol–water partition coefficient (Wildman–Crippen LogP) is 0.440. The number of nitrogens with one attached hydrogen (secondary N) is 1.